The van der Waals surface area contributed by atoms with E-state index in [2.05, 4.69) is 25.1 Å². The second-order valence-electron chi connectivity index (χ2n) is 3.95. The minimum absolute atomic E-state index is 0.920. The molecule has 2 N–H and O–H groups in total. The van der Waals surface area contributed by atoms with Crippen molar-refractivity contribution in [3.8, 4) is 0 Å². The molecule has 0 aliphatic heterocycles. The van der Waals surface area contributed by atoms with Gasteiger partial charge < -0.3 is 10.4 Å². The summed E-state index contributed by atoms with van der Waals surface area (Å²) in [5, 5.41) is 12.3. The molecule has 0 saturated heterocycles. The van der Waals surface area contributed by atoms with Crippen molar-refractivity contribution in [2.45, 2.75) is 19.6 Å². The Morgan fingerprint density at radius 1 is 1.06 bits per heavy atom. The summed E-state index contributed by atoms with van der Waals surface area (Å²) >= 11 is 0. The highest BCUT2D eigenvalue weighted by Gasteiger charge is 2.06. The standard InChI is InChI=1S/C15H21NO/c1-6-10-13(7-2)14(8-3)11-9-12-16-15(4,5)17/h6-12,16-17H,1-3H2,4-5H3/b12-9+,13-10+,14-11+. The molecular formula is C15H21NO. The summed E-state index contributed by atoms with van der Waals surface area (Å²) in [5.74, 6) is 0. The van der Waals surface area contributed by atoms with Crippen LogP contribution >= 0.6 is 0 Å². The highest BCUT2D eigenvalue weighted by atomic mass is 16.3. The molecule has 0 saturated carbocycles. The zero-order valence-corrected chi connectivity index (χ0v) is 10.6. The third-order valence-electron chi connectivity index (χ3n) is 1.88. The van der Waals surface area contributed by atoms with E-state index in [0.29, 0.717) is 0 Å². The van der Waals surface area contributed by atoms with E-state index in [0.717, 1.165) is 11.1 Å². The molecule has 17 heavy (non-hydrogen) atoms. The van der Waals surface area contributed by atoms with Crippen LogP contribution in [0.5, 0.6) is 0 Å². The van der Waals surface area contributed by atoms with Crippen molar-refractivity contribution in [2.24, 2.45) is 0 Å². The minimum atomic E-state index is -0.920. The van der Waals surface area contributed by atoms with Crippen LogP contribution < -0.4 is 5.32 Å². The average molecular weight is 231 g/mol. The van der Waals surface area contributed by atoms with Gasteiger partial charge in [0, 0.05) is 0 Å². The largest absolute Gasteiger partial charge is 0.372 e. The lowest BCUT2D eigenvalue weighted by Gasteiger charge is -2.16. The molecule has 2 nitrogen and oxygen atoms in total. The Morgan fingerprint density at radius 2 is 1.59 bits per heavy atom. The number of allylic oxidation sites excluding steroid dienone is 8. The Kier molecular flexibility index (Phi) is 6.68. The van der Waals surface area contributed by atoms with E-state index >= 15 is 0 Å². The van der Waals surface area contributed by atoms with Gasteiger partial charge >= 0.3 is 0 Å². The first-order chi connectivity index (χ1) is 7.94. The van der Waals surface area contributed by atoms with Crippen molar-refractivity contribution in [1.29, 1.82) is 0 Å². The first kappa shape index (κ1) is 15.2. The van der Waals surface area contributed by atoms with E-state index in [1.165, 1.54) is 0 Å². The first-order valence-corrected chi connectivity index (χ1v) is 5.39. The van der Waals surface area contributed by atoms with Crippen molar-refractivity contribution < 1.29 is 5.11 Å². The number of hydrogen-bond donors (Lipinski definition) is 2. The molecule has 0 aliphatic carbocycles. The lowest BCUT2D eigenvalue weighted by molar-refractivity contribution is 0.0585. The summed E-state index contributed by atoms with van der Waals surface area (Å²) in [6.45, 7) is 14.5. The van der Waals surface area contributed by atoms with Crippen LogP contribution in [0.4, 0.5) is 0 Å². The van der Waals surface area contributed by atoms with Gasteiger partial charge in [0.15, 0.2) is 0 Å². The number of rotatable bonds is 7. The molecule has 0 aromatic rings. The fourth-order valence-electron chi connectivity index (χ4n) is 1.10. The van der Waals surface area contributed by atoms with Crippen molar-refractivity contribution in [3.05, 3.63) is 73.5 Å². The lowest BCUT2D eigenvalue weighted by Crippen LogP contribution is -2.34. The van der Waals surface area contributed by atoms with E-state index < -0.39 is 5.72 Å². The maximum atomic E-state index is 9.44. The van der Waals surface area contributed by atoms with Crippen LogP contribution in [0.25, 0.3) is 0 Å². The predicted octanol–water partition coefficient (Wildman–Crippen LogP) is 3.23. The minimum Gasteiger partial charge on any atom is -0.372 e. The monoisotopic (exact) mass is 231 g/mol. The van der Waals surface area contributed by atoms with Crippen LogP contribution in [0, 0.1) is 0 Å². The highest BCUT2D eigenvalue weighted by molar-refractivity contribution is 5.48. The van der Waals surface area contributed by atoms with Crippen LogP contribution in [0.3, 0.4) is 0 Å². The van der Waals surface area contributed by atoms with E-state index in [1.807, 2.05) is 12.2 Å². The second-order valence-corrected chi connectivity index (χ2v) is 3.95. The zero-order chi connectivity index (χ0) is 13.3. The molecule has 0 atom stereocenters. The Hall–Kier alpha value is -1.80. The van der Waals surface area contributed by atoms with Crippen molar-refractivity contribution in [3.63, 3.8) is 0 Å². The normalized spacial score (nSPS) is 13.6. The van der Waals surface area contributed by atoms with Gasteiger partial charge in [0.05, 0.1) is 0 Å². The van der Waals surface area contributed by atoms with E-state index in [9.17, 15) is 5.11 Å². The van der Waals surface area contributed by atoms with Crippen LogP contribution in [0.2, 0.25) is 0 Å². The van der Waals surface area contributed by atoms with Gasteiger partial charge in [-0.3, -0.25) is 0 Å². The molecule has 0 amide bonds. The maximum Gasteiger partial charge on any atom is 0.129 e. The summed E-state index contributed by atoms with van der Waals surface area (Å²) in [5.41, 5.74) is 0.966. The van der Waals surface area contributed by atoms with E-state index in [4.69, 9.17) is 0 Å². The maximum absolute atomic E-state index is 9.44. The van der Waals surface area contributed by atoms with Gasteiger partial charge in [-0.05, 0) is 37.3 Å². The first-order valence-electron chi connectivity index (χ1n) is 5.39. The summed E-state index contributed by atoms with van der Waals surface area (Å²) in [4.78, 5) is 0. The fraction of sp³-hybridized carbons (Fsp3) is 0.200. The topological polar surface area (TPSA) is 32.3 Å². The number of aliphatic hydroxyl groups is 1. The highest BCUT2D eigenvalue weighted by Crippen LogP contribution is 2.12. The molecule has 0 spiro atoms. The Balaban J connectivity index is 4.78. The van der Waals surface area contributed by atoms with Gasteiger partial charge in [-0.25, -0.2) is 0 Å². The lowest BCUT2D eigenvalue weighted by atomic mass is 10.1. The van der Waals surface area contributed by atoms with Gasteiger partial charge in [-0.1, -0.05) is 50.1 Å². The summed E-state index contributed by atoms with van der Waals surface area (Å²) in [6.07, 6.45) is 12.4. The quantitative estimate of drug-likeness (QED) is 0.521. The molecule has 0 aliphatic rings. The molecule has 0 heterocycles. The van der Waals surface area contributed by atoms with Crippen molar-refractivity contribution >= 4 is 0 Å². The summed E-state index contributed by atoms with van der Waals surface area (Å²) in [7, 11) is 0. The zero-order valence-electron chi connectivity index (χ0n) is 10.6. The Morgan fingerprint density at radius 3 is 2.00 bits per heavy atom. The second kappa shape index (κ2) is 7.47. The average Bonchev–Trinajstić information content (AvgIpc) is 2.25. The Bertz CT molecular complexity index is 365. The van der Waals surface area contributed by atoms with Gasteiger partial charge in [0.1, 0.15) is 5.72 Å². The van der Waals surface area contributed by atoms with Crippen molar-refractivity contribution in [2.75, 3.05) is 0 Å². The third-order valence-corrected chi connectivity index (χ3v) is 1.88. The van der Waals surface area contributed by atoms with Gasteiger partial charge in [0.25, 0.3) is 0 Å². The third kappa shape index (κ3) is 7.14. The Labute approximate surface area is 104 Å². The summed E-state index contributed by atoms with van der Waals surface area (Å²) in [6, 6.07) is 0. The SMILES string of the molecule is C=C/C=C(C=C)/C(C=C)=C/C=C/NC(C)(C)O. The molecule has 0 unspecified atom stereocenters. The molecule has 2 heteroatoms. The van der Waals surface area contributed by atoms with Gasteiger partial charge in [0.2, 0.25) is 0 Å². The van der Waals surface area contributed by atoms with Gasteiger partial charge in [-0.2, -0.15) is 0 Å². The molecule has 0 fully saturated rings. The fourth-order valence-corrected chi connectivity index (χ4v) is 1.10. The molecule has 0 bridgehead atoms. The number of nitrogens with one attached hydrogen (secondary N) is 1. The van der Waals surface area contributed by atoms with E-state index in [-0.39, 0.29) is 0 Å². The van der Waals surface area contributed by atoms with E-state index in [1.54, 1.807) is 44.4 Å². The summed E-state index contributed by atoms with van der Waals surface area (Å²) < 4.78 is 0. The van der Waals surface area contributed by atoms with Crippen LogP contribution in [0.15, 0.2) is 73.5 Å². The number of hydrogen-bond acceptors (Lipinski definition) is 2. The van der Waals surface area contributed by atoms with Crippen LogP contribution in [-0.2, 0) is 0 Å². The molecule has 0 aromatic heterocycles. The predicted molar refractivity (Wildman–Crippen MR) is 75.3 cm³/mol. The van der Waals surface area contributed by atoms with Crippen LogP contribution in [-0.4, -0.2) is 10.8 Å². The smallest absolute Gasteiger partial charge is 0.129 e. The van der Waals surface area contributed by atoms with Gasteiger partial charge in [-0.15, -0.1) is 0 Å². The molecule has 92 valence electrons. The van der Waals surface area contributed by atoms with Crippen molar-refractivity contribution in [1.82, 2.24) is 5.32 Å². The molecular weight excluding hydrogens is 210 g/mol. The molecule has 0 radical (unpaired) electrons. The molecule has 0 rings (SSSR count). The molecule has 0 aromatic carbocycles. The van der Waals surface area contributed by atoms with Crippen LogP contribution in [0.1, 0.15) is 13.8 Å².